The molecular weight excluding hydrogens is 252 g/mol. The van der Waals surface area contributed by atoms with Gasteiger partial charge in [-0.2, -0.15) is 0 Å². The van der Waals surface area contributed by atoms with Crippen LogP contribution < -0.4 is 21.3 Å². The van der Waals surface area contributed by atoms with Gasteiger partial charge in [0.25, 0.3) is 0 Å². The van der Waals surface area contributed by atoms with E-state index >= 15 is 0 Å². The van der Waals surface area contributed by atoms with Crippen molar-refractivity contribution < 1.29 is 0 Å². The Hall–Kier alpha value is -2.50. The monoisotopic (exact) mass is 270 g/mol. The van der Waals surface area contributed by atoms with Crippen molar-refractivity contribution in [1.82, 2.24) is 9.97 Å². The number of aromatic nitrogens is 2. The van der Waals surface area contributed by atoms with Crippen LogP contribution in [-0.2, 0) is 0 Å². The SMILES string of the molecule is Nc1ccc(N2CCN(c3ccccn3)CC2)nc1N. The summed E-state index contributed by atoms with van der Waals surface area (Å²) in [5, 5.41) is 0. The first-order valence-electron chi connectivity index (χ1n) is 6.67. The molecule has 3 rings (SSSR count). The van der Waals surface area contributed by atoms with E-state index in [9.17, 15) is 0 Å². The van der Waals surface area contributed by atoms with Crippen LogP contribution in [0.15, 0.2) is 36.5 Å². The summed E-state index contributed by atoms with van der Waals surface area (Å²) in [6, 6.07) is 9.71. The lowest BCUT2D eigenvalue weighted by atomic mass is 10.3. The molecule has 0 amide bonds. The molecule has 0 radical (unpaired) electrons. The zero-order valence-corrected chi connectivity index (χ0v) is 11.2. The molecule has 1 aliphatic heterocycles. The van der Waals surface area contributed by atoms with Gasteiger partial charge in [-0.3, -0.25) is 0 Å². The Kier molecular flexibility index (Phi) is 3.28. The van der Waals surface area contributed by atoms with Crippen molar-refractivity contribution >= 4 is 23.1 Å². The highest BCUT2D eigenvalue weighted by molar-refractivity contribution is 5.62. The molecule has 20 heavy (non-hydrogen) atoms. The summed E-state index contributed by atoms with van der Waals surface area (Å²) in [5.74, 6) is 2.31. The van der Waals surface area contributed by atoms with E-state index in [1.807, 2.05) is 36.5 Å². The number of piperazine rings is 1. The molecule has 1 fully saturated rings. The molecule has 0 unspecified atom stereocenters. The molecule has 104 valence electrons. The third-order valence-electron chi connectivity index (χ3n) is 3.52. The highest BCUT2D eigenvalue weighted by Crippen LogP contribution is 2.20. The Morgan fingerprint density at radius 2 is 1.55 bits per heavy atom. The molecule has 0 atom stereocenters. The van der Waals surface area contributed by atoms with Gasteiger partial charge >= 0.3 is 0 Å². The van der Waals surface area contributed by atoms with Crippen molar-refractivity contribution in [3.8, 4) is 0 Å². The predicted octanol–water partition coefficient (Wildman–Crippen LogP) is 0.968. The summed E-state index contributed by atoms with van der Waals surface area (Å²) in [7, 11) is 0. The molecular formula is C14H18N6. The second kappa shape index (κ2) is 5.24. The molecule has 3 heterocycles. The Labute approximate surface area is 118 Å². The normalized spacial score (nSPS) is 15.4. The molecule has 0 spiro atoms. The topological polar surface area (TPSA) is 84.3 Å². The van der Waals surface area contributed by atoms with Gasteiger partial charge in [0.2, 0.25) is 0 Å². The van der Waals surface area contributed by atoms with Crippen LogP contribution in [-0.4, -0.2) is 36.1 Å². The first-order chi connectivity index (χ1) is 9.74. The summed E-state index contributed by atoms with van der Waals surface area (Å²) in [6.45, 7) is 3.63. The Morgan fingerprint density at radius 3 is 2.15 bits per heavy atom. The third kappa shape index (κ3) is 2.45. The van der Waals surface area contributed by atoms with Crippen molar-refractivity contribution in [3.05, 3.63) is 36.5 Å². The number of anilines is 4. The molecule has 2 aromatic heterocycles. The molecule has 0 saturated carbocycles. The maximum absolute atomic E-state index is 5.76. The lowest BCUT2D eigenvalue weighted by molar-refractivity contribution is 0.642. The van der Waals surface area contributed by atoms with Gasteiger partial charge in [0.05, 0.1) is 5.69 Å². The van der Waals surface area contributed by atoms with E-state index in [1.54, 1.807) is 0 Å². The number of hydrogen-bond donors (Lipinski definition) is 2. The van der Waals surface area contributed by atoms with Crippen molar-refractivity contribution in [2.75, 3.05) is 47.4 Å². The standard InChI is InChI=1S/C14H18N6/c15-11-4-5-13(18-14(11)16)20-9-7-19(8-10-20)12-3-1-2-6-17-12/h1-6H,7-10,15H2,(H2,16,18). The van der Waals surface area contributed by atoms with Crippen LogP contribution in [0.5, 0.6) is 0 Å². The van der Waals surface area contributed by atoms with Gasteiger partial charge in [0, 0.05) is 32.4 Å². The molecule has 1 saturated heterocycles. The number of hydrogen-bond acceptors (Lipinski definition) is 6. The first kappa shape index (κ1) is 12.5. The molecule has 1 aliphatic rings. The van der Waals surface area contributed by atoms with Gasteiger partial charge in [-0.15, -0.1) is 0 Å². The van der Waals surface area contributed by atoms with Gasteiger partial charge in [-0.05, 0) is 24.3 Å². The van der Waals surface area contributed by atoms with Crippen molar-refractivity contribution in [2.24, 2.45) is 0 Å². The zero-order chi connectivity index (χ0) is 13.9. The van der Waals surface area contributed by atoms with Crippen LogP contribution in [0.4, 0.5) is 23.1 Å². The van der Waals surface area contributed by atoms with Gasteiger partial charge in [0.1, 0.15) is 17.5 Å². The molecule has 6 heteroatoms. The fourth-order valence-corrected chi connectivity index (χ4v) is 2.36. The molecule has 4 N–H and O–H groups in total. The van der Waals surface area contributed by atoms with Gasteiger partial charge in [-0.25, -0.2) is 9.97 Å². The molecule has 0 bridgehead atoms. The fraction of sp³-hybridized carbons (Fsp3) is 0.286. The quantitative estimate of drug-likeness (QED) is 0.846. The summed E-state index contributed by atoms with van der Waals surface area (Å²) in [6.07, 6.45) is 1.82. The highest BCUT2D eigenvalue weighted by Gasteiger charge is 2.19. The third-order valence-corrected chi connectivity index (χ3v) is 3.52. The fourth-order valence-electron chi connectivity index (χ4n) is 2.36. The van der Waals surface area contributed by atoms with E-state index in [2.05, 4.69) is 19.8 Å². The summed E-state index contributed by atoms with van der Waals surface area (Å²) in [4.78, 5) is 13.2. The van der Waals surface area contributed by atoms with Crippen LogP contribution in [0.3, 0.4) is 0 Å². The van der Waals surface area contributed by atoms with Crippen molar-refractivity contribution in [3.63, 3.8) is 0 Å². The number of pyridine rings is 2. The van der Waals surface area contributed by atoms with Crippen LogP contribution in [0.25, 0.3) is 0 Å². The van der Waals surface area contributed by atoms with Crippen LogP contribution in [0.1, 0.15) is 0 Å². The minimum Gasteiger partial charge on any atom is -0.396 e. The minimum atomic E-state index is 0.398. The van der Waals surface area contributed by atoms with E-state index in [0.29, 0.717) is 11.5 Å². The Morgan fingerprint density at radius 1 is 0.850 bits per heavy atom. The van der Waals surface area contributed by atoms with Crippen LogP contribution in [0, 0.1) is 0 Å². The van der Waals surface area contributed by atoms with E-state index in [-0.39, 0.29) is 0 Å². The second-order valence-corrected chi connectivity index (χ2v) is 4.81. The smallest absolute Gasteiger partial charge is 0.149 e. The molecule has 0 aromatic carbocycles. The van der Waals surface area contributed by atoms with Gasteiger partial charge in [-0.1, -0.05) is 6.07 Å². The average Bonchev–Trinajstić information content (AvgIpc) is 2.51. The molecule has 0 aliphatic carbocycles. The number of nitrogen functional groups attached to an aromatic ring is 2. The summed E-state index contributed by atoms with van der Waals surface area (Å²) in [5.41, 5.74) is 12.0. The Balaban J connectivity index is 1.68. The average molecular weight is 270 g/mol. The number of rotatable bonds is 2. The van der Waals surface area contributed by atoms with Crippen LogP contribution in [0.2, 0.25) is 0 Å². The Bertz CT molecular complexity index is 577. The molecule has 2 aromatic rings. The van der Waals surface area contributed by atoms with E-state index in [4.69, 9.17) is 11.5 Å². The van der Waals surface area contributed by atoms with E-state index in [0.717, 1.165) is 37.8 Å². The molecule has 6 nitrogen and oxygen atoms in total. The summed E-state index contributed by atoms with van der Waals surface area (Å²) >= 11 is 0. The van der Waals surface area contributed by atoms with Gasteiger partial charge < -0.3 is 21.3 Å². The zero-order valence-electron chi connectivity index (χ0n) is 11.2. The largest absolute Gasteiger partial charge is 0.396 e. The van der Waals surface area contributed by atoms with E-state index < -0.39 is 0 Å². The maximum Gasteiger partial charge on any atom is 0.149 e. The summed E-state index contributed by atoms with van der Waals surface area (Å²) < 4.78 is 0. The van der Waals surface area contributed by atoms with Crippen molar-refractivity contribution in [1.29, 1.82) is 0 Å². The van der Waals surface area contributed by atoms with Crippen molar-refractivity contribution in [2.45, 2.75) is 0 Å². The lowest BCUT2D eigenvalue weighted by Gasteiger charge is -2.36. The first-order valence-corrected chi connectivity index (χ1v) is 6.67. The predicted molar refractivity (Wildman–Crippen MR) is 81.7 cm³/mol. The highest BCUT2D eigenvalue weighted by atomic mass is 15.3. The second-order valence-electron chi connectivity index (χ2n) is 4.81. The van der Waals surface area contributed by atoms with E-state index in [1.165, 1.54) is 0 Å². The van der Waals surface area contributed by atoms with Crippen LogP contribution >= 0.6 is 0 Å². The minimum absolute atomic E-state index is 0.398. The number of nitrogens with zero attached hydrogens (tertiary/aromatic N) is 4. The maximum atomic E-state index is 5.76. The number of nitrogens with two attached hydrogens (primary N) is 2. The lowest BCUT2D eigenvalue weighted by Crippen LogP contribution is -2.47. The van der Waals surface area contributed by atoms with Gasteiger partial charge in [0.15, 0.2) is 0 Å².